The molecule has 2 aliphatic carbocycles. The van der Waals surface area contributed by atoms with Gasteiger partial charge in [-0.3, -0.25) is 4.90 Å². The van der Waals surface area contributed by atoms with Crippen LogP contribution in [0.25, 0.3) is 0 Å². The van der Waals surface area contributed by atoms with Crippen molar-refractivity contribution in [1.29, 1.82) is 0 Å². The van der Waals surface area contributed by atoms with Gasteiger partial charge in [0.1, 0.15) is 0 Å². The van der Waals surface area contributed by atoms with Gasteiger partial charge in [-0.05, 0) is 51.4 Å². The first kappa shape index (κ1) is 14.9. The van der Waals surface area contributed by atoms with E-state index in [4.69, 9.17) is 0 Å². The molecule has 2 saturated carbocycles. The second kappa shape index (κ2) is 6.81. The van der Waals surface area contributed by atoms with Gasteiger partial charge in [0.15, 0.2) is 0 Å². The highest BCUT2D eigenvalue weighted by Gasteiger charge is 2.48. The highest BCUT2D eigenvalue weighted by Crippen LogP contribution is 2.47. The first-order valence-electron chi connectivity index (χ1n) is 9.56. The van der Waals surface area contributed by atoms with Crippen molar-refractivity contribution in [2.45, 2.75) is 109 Å². The second-order valence-electron chi connectivity index (χ2n) is 7.99. The topological polar surface area (TPSA) is 3.24 Å². The van der Waals surface area contributed by atoms with Crippen LogP contribution in [0.15, 0.2) is 0 Å². The van der Waals surface area contributed by atoms with Crippen LogP contribution in [0.1, 0.15) is 90.9 Å². The summed E-state index contributed by atoms with van der Waals surface area (Å²) in [6, 6.07) is 2.63. The summed E-state index contributed by atoms with van der Waals surface area (Å²) in [6.45, 7) is 4.91. The zero-order chi connectivity index (χ0) is 13.9. The molecule has 1 saturated heterocycles. The van der Waals surface area contributed by atoms with Gasteiger partial charge < -0.3 is 0 Å². The molecule has 0 aromatic rings. The third kappa shape index (κ3) is 2.93. The Bertz CT molecular complexity index is 272. The summed E-state index contributed by atoms with van der Waals surface area (Å²) in [7, 11) is 0. The Hall–Kier alpha value is -0.0400. The number of hydrogen-bond donors (Lipinski definition) is 0. The molecular weight excluding hydrogens is 242 g/mol. The standard InChI is InChI=1S/C19H35N/c1-15(2)20-18-13-9-5-3-7-11-16(18)17-12-8-4-6-10-14-19(17)20/h15-19H,3-14H2,1-2H3. The zero-order valence-corrected chi connectivity index (χ0v) is 13.8. The number of fused-ring (bicyclic) bond motifs is 3. The van der Waals surface area contributed by atoms with E-state index in [1.807, 2.05) is 0 Å². The lowest BCUT2D eigenvalue weighted by Gasteiger charge is -2.36. The van der Waals surface area contributed by atoms with Crippen molar-refractivity contribution in [3.63, 3.8) is 0 Å². The average molecular weight is 277 g/mol. The smallest absolute Gasteiger partial charge is 0.0132 e. The first-order chi connectivity index (χ1) is 9.79. The van der Waals surface area contributed by atoms with Gasteiger partial charge in [0.2, 0.25) is 0 Å². The molecule has 3 aliphatic rings. The van der Waals surface area contributed by atoms with Crippen LogP contribution in [-0.4, -0.2) is 23.0 Å². The van der Waals surface area contributed by atoms with Crippen molar-refractivity contribution >= 4 is 0 Å². The molecule has 0 spiro atoms. The fraction of sp³-hybridized carbons (Fsp3) is 1.00. The predicted molar refractivity (Wildman–Crippen MR) is 86.9 cm³/mol. The van der Waals surface area contributed by atoms with Gasteiger partial charge in [-0.25, -0.2) is 0 Å². The Balaban J connectivity index is 1.83. The maximum absolute atomic E-state index is 2.99. The van der Waals surface area contributed by atoms with Gasteiger partial charge in [-0.1, -0.05) is 51.4 Å². The van der Waals surface area contributed by atoms with E-state index in [2.05, 4.69) is 18.7 Å². The Morgan fingerprint density at radius 1 is 0.600 bits per heavy atom. The summed E-state index contributed by atoms with van der Waals surface area (Å²) in [5.41, 5.74) is 0. The molecule has 1 nitrogen and oxygen atoms in total. The van der Waals surface area contributed by atoms with Crippen LogP contribution in [-0.2, 0) is 0 Å². The maximum atomic E-state index is 2.99. The van der Waals surface area contributed by atoms with Gasteiger partial charge in [0, 0.05) is 18.1 Å². The van der Waals surface area contributed by atoms with Crippen molar-refractivity contribution in [1.82, 2.24) is 4.90 Å². The maximum Gasteiger partial charge on any atom is 0.0132 e. The lowest BCUT2D eigenvalue weighted by Crippen LogP contribution is -2.43. The Morgan fingerprint density at radius 2 is 1.00 bits per heavy atom. The monoisotopic (exact) mass is 277 g/mol. The Morgan fingerprint density at radius 3 is 1.40 bits per heavy atom. The largest absolute Gasteiger partial charge is 0.294 e. The van der Waals surface area contributed by atoms with E-state index in [-0.39, 0.29) is 0 Å². The van der Waals surface area contributed by atoms with E-state index in [9.17, 15) is 0 Å². The third-order valence-corrected chi connectivity index (χ3v) is 6.48. The minimum absolute atomic E-state index is 0.761. The van der Waals surface area contributed by atoms with Crippen molar-refractivity contribution in [2.75, 3.05) is 0 Å². The molecule has 0 radical (unpaired) electrons. The van der Waals surface area contributed by atoms with E-state index < -0.39 is 0 Å². The molecule has 0 aromatic carbocycles. The minimum atomic E-state index is 0.761. The molecule has 1 aliphatic heterocycles. The van der Waals surface area contributed by atoms with E-state index >= 15 is 0 Å². The van der Waals surface area contributed by atoms with Crippen molar-refractivity contribution in [2.24, 2.45) is 11.8 Å². The van der Waals surface area contributed by atoms with E-state index in [1.165, 1.54) is 77.0 Å². The summed E-state index contributed by atoms with van der Waals surface area (Å²) >= 11 is 0. The van der Waals surface area contributed by atoms with Crippen LogP contribution in [0.4, 0.5) is 0 Å². The molecule has 0 aromatic heterocycles. The lowest BCUT2D eigenvalue weighted by molar-refractivity contribution is 0.111. The van der Waals surface area contributed by atoms with Crippen LogP contribution < -0.4 is 0 Å². The normalized spacial score (nSPS) is 40.4. The van der Waals surface area contributed by atoms with Gasteiger partial charge in [0.25, 0.3) is 0 Å². The molecule has 4 atom stereocenters. The third-order valence-electron chi connectivity index (χ3n) is 6.48. The minimum Gasteiger partial charge on any atom is -0.294 e. The molecule has 1 heteroatoms. The quantitative estimate of drug-likeness (QED) is 0.621. The second-order valence-corrected chi connectivity index (χ2v) is 7.99. The molecule has 4 unspecified atom stereocenters. The van der Waals surface area contributed by atoms with Crippen LogP contribution in [0.5, 0.6) is 0 Å². The molecule has 20 heavy (non-hydrogen) atoms. The molecule has 0 amide bonds. The summed E-state index contributed by atoms with van der Waals surface area (Å²) in [4.78, 5) is 2.99. The fourth-order valence-electron chi connectivity index (χ4n) is 5.74. The number of likely N-dealkylation sites (tertiary alicyclic amines) is 1. The molecule has 116 valence electrons. The fourth-order valence-corrected chi connectivity index (χ4v) is 5.74. The van der Waals surface area contributed by atoms with E-state index in [1.54, 1.807) is 0 Å². The predicted octanol–water partition coefficient (Wildman–Crippen LogP) is 5.39. The molecule has 1 heterocycles. The zero-order valence-electron chi connectivity index (χ0n) is 13.8. The Kier molecular flexibility index (Phi) is 5.07. The van der Waals surface area contributed by atoms with Gasteiger partial charge in [-0.2, -0.15) is 0 Å². The van der Waals surface area contributed by atoms with Gasteiger partial charge in [-0.15, -0.1) is 0 Å². The van der Waals surface area contributed by atoms with Crippen LogP contribution >= 0.6 is 0 Å². The van der Waals surface area contributed by atoms with Crippen LogP contribution in [0.2, 0.25) is 0 Å². The molecular formula is C19H35N. The number of nitrogens with zero attached hydrogens (tertiary/aromatic N) is 1. The molecule has 0 N–H and O–H groups in total. The van der Waals surface area contributed by atoms with Crippen LogP contribution in [0.3, 0.4) is 0 Å². The van der Waals surface area contributed by atoms with Crippen molar-refractivity contribution in [3.05, 3.63) is 0 Å². The molecule has 0 bridgehead atoms. The summed E-state index contributed by atoms with van der Waals surface area (Å²) in [5.74, 6) is 2.08. The Labute approximate surface area is 126 Å². The average Bonchev–Trinajstić information content (AvgIpc) is 2.61. The molecule has 3 fully saturated rings. The van der Waals surface area contributed by atoms with E-state index in [0.29, 0.717) is 0 Å². The highest BCUT2D eigenvalue weighted by molar-refractivity contribution is 5.01. The number of rotatable bonds is 1. The summed E-state index contributed by atoms with van der Waals surface area (Å²) in [5, 5.41) is 0. The van der Waals surface area contributed by atoms with Gasteiger partial charge in [0.05, 0.1) is 0 Å². The number of hydrogen-bond acceptors (Lipinski definition) is 1. The summed E-state index contributed by atoms with van der Waals surface area (Å²) in [6.07, 6.45) is 18.1. The SMILES string of the molecule is CC(C)N1C2CCCCCCC2C2CCCCCCC21. The lowest BCUT2D eigenvalue weighted by atomic mass is 9.76. The highest BCUT2D eigenvalue weighted by atomic mass is 15.2. The van der Waals surface area contributed by atoms with Gasteiger partial charge >= 0.3 is 0 Å². The van der Waals surface area contributed by atoms with Crippen LogP contribution in [0, 0.1) is 11.8 Å². The van der Waals surface area contributed by atoms with E-state index in [0.717, 1.165) is 30.0 Å². The first-order valence-corrected chi connectivity index (χ1v) is 9.56. The van der Waals surface area contributed by atoms with Crippen molar-refractivity contribution in [3.8, 4) is 0 Å². The molecule has 3 rings (SSSR count). The summed E-state index contributed by atoms with van der Waals surface area (Å²) < 4.78 is 0. The van der Waals surface area contributed by atoms with Crippen molar-refractivity contribution < 1.29 is 0 Å².